The molecule has 0 saturated heterocycles. The Morgan fingerprint density at radius 2 is 1.83 bits per heavy atom. The molecule has 0 fully saturated rings. The van der Waals surface area contributed by atoms with Crippen molar-refractivity contribution in [2.45, 2.75) is 13.5 Å². The van der Waals surface area contributed by atoms with Crippen LogP contribution in [0.15, 0.2) is 53.0 Å². The summed E-state index contributed by atoms with van der Waals surface area (Å²) in [6.45, 7) is 4.02. The molecule has 0 radical (unpaired) electrons. The number of nitrogen functional groups attached to an aromatic ring is 1. The minimum Gasteiger partial charge on any atom is -0.399 e. The fourth-order valence-corrected chi connectivity index (χ4v) is 2.60. The standard InChI is InChI=1S/C15H17BrN2/c1-2-18(11-12-6-4-3-5-7-12)15-9-8-13(17)10-14(15)16/h3-10H,2,11,17H2,1H3. The third kappa shape index (κ3) is 3.05. The first-order valence-electron chi connectivity index (χ1n) is 6.04. The topological polar surface area (TPSA) is 29.3 Å². The van der Waals surface area contributed by atoms with Gasteiger partial charge in [-0.05, 0) is 46.6 Å². The molecule has 2 aromatic rings. The Labute approximate surface area is 117 Å². The van der Waals surface area contributed by atoms with Gasteiger partial charge in [0.1, 0.15) is 0 Å². The highest BCUT2D eigenvalue weighted by Crippen LogP contribution is 2.29. The molecule has 2 nitrogen and oxygen atoms in total. The first-order chi connectivity index (χ1) is 8.70. The highest BCUT2D eigenvalue weighted by molar-refractivity contribution is 9.10. The monoisotopic (exact) mass is 304 g/mol. The zero-order chi connectivity index (χ0) is 13.0. The Bertz CT molecular complexity index is 511. The number of benzene rings is 2. The van der Waals surface area contributed by atoms with E-state index in [1.54, 1.807) is 0 Å². The fraction of sp³-hybridized carbons (Fsp3) is 0.200. The van der Waals surface area contributed by atoms with E-state index in [2.05, 4.69) is 58.1 Å². The van der Waals surface area contributed by atoms with Crippen LogP contribution in [0.1, 0.15) is 12.5 Å². The number of halogens is 1. The number of hydrogen-bond acceptors (Lipinski definition) is 2. The second-order valence-electron chi connectivity index (χ2n) is 4.21. The summed E-state index contributed by atoms with van der Waals surface area (Å²) >= 11 is 3.58. The number of nitrogens with two attached hydrogens (primary N) is 1. The van der Waals surface area contributed by atoms with E-state index in [9.17, 15) is 0 Å². The SMILES string of the molecule is CCN(Cc1ccccc1)c1ccc(N)cc1Br. The molecule has 0 spiro atoms. The maximum atomic E-state index is 5.77. The zero-order valence-corrected chi connectivity index (χ0v) is 12.0. The molecule has 0 unspecified atom stereocenters. The largest absolute Gasteiger partial charge is 0.399 e. The Balaban J connectivity index is 2.23. The Morgan fingerprint density at radius 1 is 1.11 bits per heavy atom. The van der Waals surface area contributed by atoms with Crippen LogP contribution in [0.25, 0.3) is 0 Å². The van der Waals surface area contributed by atoms with E-state index in [4.69, 9.17) is 5.73 Å². The van der Waals surface area contributed by atoms with E-state index in [0.29, 0.717) is 0 Å². The van der Waals surface area contributed by atoms with Crippen molar-refractivity contribution in [2.24, 2.45) is 0 Å². The van der Waals surface area contributed by atoms with Gasteiger partial charge in [-0.1, -0.05) is 30.3 Å². The van der Waals surface area contributed by atoms with Crippen LogP contribution in [0.4, 0.5) is 11.4 Å². The van der Waals surface area contributed by atoms with Gasteiger partial charge in [0, 0.05) is 23.2 Å². The van der Waals surface area contributed by atoms with Gasteiger partial charge in [-0.2, -0.15) is 0 Å². The molecule has 0 aliphatic carbocycles. The quantitative estimate of drug-likeness (QED) is 0.863. The molecule has 0 heterocycles. The number of anilines is 2. The molecule has 0 aliphatic rings. The van der Waals surface area contributed by atoms with Gasteiger partial charge in [0.25, 0.3) is 0 Å². The van der Waals surface area contributed by atoms with Crippen LogP contribution >= 0.6 is 15.9 Å². The van der Waals surface area contributed by atoms with Crippen LogP contribution in [0.3, 0.4) is 0 Å². The van der Waals surface area contributed by atoms with E-state index in [0.717, 1.165) is 23.2 Å². The van der Waals surface area contributed by atoms with Gasteiger partial charge in [-0.15, -0.1) is 0 Å². The lowest BCUT2D eigenvalue weighted by Gasteiger charge is -2.24. The highest BCUT2D eigenvalue weighted by Gasteiger charge is 2.09. The molecule has 2 rings (SSSR count). The van der Waals surface area contributed by atoms with Gasteiger partial charge >= 0.3 is 0 Å². The summed E-state index contributed by atoms with van der Waals surface area (Å²) in [6.07, 6.45) is 0. The third-order valence-electron chi connectivity index (χ3n) is 2.91. The fourth-order valence-electron chi connectivity index (χ4n) is 1.95. The van der Waals surface area contributed by atoms with Crippen LogP contribution < -0.4 is 10.6 Å². The normalized spacial score (nSPS) is 10.3. The van der Waals surface area contributed by atoms with Gasteiger partial charge < -0.3 is 10.6 Å². The molecule has 3 heteroatoms. The maximum absolute atomic E-state index is 5.77. The van der Waals surface area contributed by atoms with Crippen molar-refractivity contribution in [3.63, 3.8) is 0 Å². The van der Waals surface area contributed by atoms with Crippen molar-refractivity contribution < 1.29 is 0 Å². The van der Waals surface area contributed by atoms with E-state index >= 15 is 0 Å². The summed E-state index contributed by atoms with van der Waals surface area (Å²) in [4.78, 5) is 2.32. The molecular formula is C15H17BrN2. The van der Waals surface area contributed by atoms with Gasteiger partial charge in [0.05, 0.1) is 5.69 Å². The predicted octanol–water partition coefficient (Wildman–Crippen LogP) is 4.06. The lowest BCUT2D eigenvalue weighted by Crippen LogP contribution is -2.22. The van der Waals surface area contributed by atoms with Crippen LogP contribution in [0.2, 0.25) is 0 Å². The van der Waals surface area contributed by atoms with Crippen molar-refractivity contribution >= 4 is 27.3 Å². The number of nitrogens with zero attached hydrogens (tertiary/aromatic N) is 1. The lowest BCUT2D eigenvalue weighted by atomic mass is 10.2. The second-order valence-corrected chi connectivity index (χ2v) is 5.06. The molecule has 0 aliphatic heterocycles. The van der Waals surface area contributed by atoms with Crippen LogP contribution in [0.5, 0.6) is 0 Å². The zero-order valence-electron chi connectivity index (χ0n) is 10.4. The predicted molar refractivity (Wildman–Crippen MR) is 81.7 cm³/mol. The molecule has 18 heavy (non-hydrogen) atoms. The highest BCUT2D eigenvalue weighted by atomic mass is 79.9. The summed E-state index contributed by atoms with van der Waals surface area (Å²) in [7, 11) is 0. The van der Waals surface area contributed by atoms with Crippen molar-refractivity contribution in [3.8, 4) is 0 Å². The van der Waals surface area contributed by atoms with Crippen molar-refractivity contribution in [2.75, 3.05) is 17.2 Å². The maximum Gasteiger partial charge on any atom is 0.0515 e. The van der Waals surface area contributed by atoms with Crippen LogP contribution in [-0.4, -0.2) is 6.54 Å². The molecule has 2 aromatic carbocycles. The average Bonchev–Trinajstić information content (AvgIpc) is 2.38. The smallest absolute Gasteiger partial charge is 0.0515 e. The molecule has 94 valence electrons. The first kappa shape index (κ1) is 13.0. The first-order valence-corrected chi connectivity index (χ1v) is 6.84. The Morgan fingerprint density at radius 3 is 2.44 bits per heavy atom. The summed E-state index contributed by atoms with van der Waals surface area (Å²) in [5.41, 5.74) is 9.04. The molecule has 0 bridgehead atoms. The lowest BCUT2D eigenvalue weighted by molar-refractivity contribution is 0.830. The summed E-state index contributed by atoms with van der Waals surface area (Å²) in [5, 5.41) is 0. The molecule has 0 saturated carbocycles. The average molecular weight is 305 g/mol. The minimum absolute atomic E-state index is 0.779. The second kappa shape index (κ2) is 5.91. The van der Waals surface area contributed by atoms with Gasteiger partial charge in [-0.3, -0.25) is 0 Å². The van der Waals surface area contributed by atoms with E-state index in [1.807, 2.05) is 18.2 Å². The number of hydrogen-bond donors (Lipinski definition) is 1. The summed E-state index contributed by atoms with van der Waals surface area (Å²) < 4.78 is 1.04. The van der Waals surface area contributed by atoms with E-state index < -0.39 is 0 Å². The van der Waals surface area contributed by atoms with Crippen LogP contribution in [0, 0.1) is 0 Å². The van der Waals surface area contributed by atoms with E-state index in [1.165, 1.54) is 11.3 Å². The molecular weight excluding hydrogens is 288 g/mol. The Kier molecular flexibility index (Phi) is 4.26. The molecule has 2 N–H and O–H groups in total. The van der Waals surface area contributed by atoms with Gasteiger partial charge in [0.15, 0.2) is 0 Å². The van der Waals surface area contributed by atoms with E-state index in [-0.39, 0.29) is 0 Å². The third-order valence-corrected chi connectivity index (χ3v) is 3.55. The van der Waals surface area contributed by atoms with Gasteiger partial charge in [0.2, 0.25) is 0 Å². The molecule has 0 amide bonds. The Hall–Kier alpha value is -1.48. The number of rotatable bonds is 4. The van der Waals surface area contributed by atoms with Crippen molar-refractivity contribution in [1.82, 2.24) is 0 Å². The van der Waals surface area contributed by atoms with Crippen molar-refractivity contribution in [3.05, 3.63) is 58.6 Å². The molecule has 0 aromatic heterocycles. The van der Waals surface area contributed by atoms with Crippen molar-refractivity contribution in [1.29, 1.82) is 0 Å². The van der Waals surface area contributed by atoms with Crippen LogP contribution in [-0.2, 0) is 6.54 Å². The minimum atomic E-state index is 0.779. The summed E-state index contributed by atoms with van der Waals surface area (Å²) in [6, 6.07) is 16.4. The van der Waals surface area contributed by atoms with Gasteiger partial charge in [-0.25, -0.2) is 0 Å². The summed E-state index contributed by atoms with van der Waals surface area (Å²) in [5.74, 6) is 0. The molecule has 0 atom stereocenters.